The molecule has 72 heavy (non-hydrogen) atoms. The van der Waals surface area contributed by atoms with Crippen LogP contribution in [-0.2, 0) is 28.6 Å². The summed E-state index contributed by atoms with van der Waals surface area (Å²) in [4.78, 5) is 38.2. The Balaban J connectivity index is 4.46. The molecule has 0 aliphatic rings. The fourth-order valence-electron chi connectivity index (χ4n) is 8.01. The van der Waals surface area contributed by atoms with E-state index in [1.807, 2.05) is 0 Å². The Kier molecular flexibility index (Phi) is 56.4. The summed E-state index contributed by atoms with van der Waals surface area (Å²) in [5, 5.41) is 0. The zero-order chi connectivity index (χ0) is 52.2. The van der Waals surface area contributed by atoms with Crippen LogP contribution in [0.5, 0.6) is 0 Å². The van der Waals surface area contributed by atoms with E-state index < -0.39 is 6.10 Å². The van der Waals surface area contributed by atoms with Gasteiger partial charge in [-0.2, -0.15) is 0 Å². The molecule has 0 aromatic heterocycles. The minimum Gasteiger partial charge on any atom is -0.462 e. The summed E-state index contributed by atoms with van der Waals surface area (Å²) in [5.41, 5.74) is 0. The van der Waals surface area contributed by atoms with Crippen LogP contribution in [0.1, 0.15) is 271 Å². The Labute approximate surface area is 444 Å². The number of carbonyl (C=O) groups is 3. The van der Waals surface area contributed by atoms with Crippen LogP contribution in [0.3, 0.4) is 0 Å². The van der Waals surface area contributed by atoms with Gasteiger partial charge in [-0.25, -0.2) is 0 Å². The zero-order valence-corrected chi connectivity index (χ0v) is 46.9. The second-order valence-electron chi connectivity index (χ2n) is 19.5. The van der Waals surface area contributed by atoms with Crippen molar-refractivity contribution in [2.24, 2.45) is 0 Å². The molecule has 0 saturated carbocycles. The van der Waals surface area contributed by atoms with Crippen LogP contribution in [0, 0.1) is 0 Å². The van der Waals surface area contributed by atoms with Gasteiger partial charge >= 0.3 is 17.9 Å². The lowest BCUT2D eigenvalue weighted by atomic mass is 10.1. The normalized spacial score (nSPS) is 12.9. The summed E-state index contributed by atoms with van der Waals surface area (Å²) in [6.45, 7) is 6.45. The molecule has 6 nitrogen and oxygen atoms in total. The summed E-state index contributed by atoms with van der Waals surface area (Å²) >= 11 is 0. The van der Waals surface area contributed by atoms with Crippen LogP contribution in [0.2, 0.25) is 0 Å². The molecule has 0 saturated heterocycles. The lowest BCUT2D eigenvalue weighted by Gasteiger charge is -2.18. The fraction of sp³-hybridized carbons (Fsp3) is 0.682. The molecule has 1 atom stereocenters. The van der Waals surface area contributed by atoms with Crippen molar-refractivity contribution in [3.63, 3.8) is 0 Å². The quantitative estimate of drug-likeness (QED) is 0.0261. The van der Waals surface area contributed by atoms with Crippen molar-refractivity contribution in [3.05, 3.63) is 109 Å². The minimum atomic E-state index is -0.808. The Hall–Kier alpha value is -3.93. The number of carbonyl (C=O) groups excluding carboxylic acids is 3. The van der Waals surface area contributed by atoms with E-state index in [-0.39, 0.29) is 37.5 Å². The number of unbranched alkanes of at least 4 members (excludes halogenated alkanes) is 24. The molecule has 0 radical (unpaired) electrons. The van der Waals surface area contributed by atoms with Crippen LogP contribution in [0.25, 0.3) is 0 Å². The van der Waals surface area contributed by atoms with Gasteiger partial charge in [0.1, 0.15) is 13.2 Å². The summed E-state index contributed by atoms with van der Waals surface area (Å²) in [5.74, 6) is -0.972. The van der Waals surface area contributed by atoms with Crippen LogP contribution in [-0.4, -0.2) is 37.2 Å². The molecule has 0 heterocycles. The van der Waals surface area contributed by atoms with Gasteiger partial charge in [-0.15, -0.1) is 0 Å². The topological polar surface area (TPSA) is 78.9 Å². The van der Waals surface area contributed by atoms with Gasteiger partial charge in [-0.05, 0) is 122 Å². The average molecular weight is 1000 g/mol. The van der Waals surface area contributed by atoms with Gasteiger partial charge in [-0.3, -0.25) is 14.4 Å². The molecular formula is C66H110O6. The van der Waals surface area contributed by atoms with E-state index >= 15 is 0 Å². The third-order valence-corrected chi connectivity index (χ3v) is 12.5. The number of allylic oxidation sites excluding steroid dienone is 18. The highest BCUT2D eigenvalue weighted by Gasteiger charge is 2.19. The summed E-state index contributed by atoms with van der Waals surface area (Å²) in [6.07, 6.45) is 80.9. The van der Waals surface area contributed by atoms with Crippen molar-refractivity contribution < 1.29 is 28.6 Å². The lowest BCUT2D eigenvalue weighted by molar-refractivity contribution is -0.167. The number of rotatable bonds is 53. The Morgan fingerprint density at radius 2 is 0.556 bits per heavy atom. The van der Waals surface area contributed by atoms with Gasteiger partial charge in [0.05, 0.1) is 0 Å². The summed E-state index contributed by atoms with van der Waals surface area (Å²) in [6, 6.07) is 0. The monoisotopic (exact) mass is 999 g/mol. The number of hydrogen-bond donors (Lipinski definition) is 0. The van der Waals surface area contributed by atoms with Crippen molar-refractivity contribution in [3.8, 4) is 0 Å². The number of esters is 3. The van der Waals surface area contributed by atoms with Gasteiger partial charge in [0.2, 0.25) is 0 Å². The predicted molar refractivity (Wildman–Crippen MR) is 311 cm³/mol. The third-order valence-electron chi connectivity index (χ3n) is 12.5. The molecule has 0 aliphatic carbocycles. The Morgan fingerprint density at radius 1 is 0.292 bits per heavy atom. The van der Waals surface area contributed by atoms with E-state index in [4.69, 9.17) is 14.2 Å². The molecule has 0 rings (SSSR count). The molecule has 0 fully saturated rings. The minimum absolute atomic E-state index is 0.102. The maximum atomic E-state index is 12.9. The van der Waals surface area contributed by atoms with Gasteiger partial charge in [0.15, 0.2) is 6.10 Å². The van der Waals surface area contributed by atoms with Crippen LogP contribution >= 0.6 is 0 Å². The van der Waals surface area contributed by atoms with Crippen molar-refractivity contribution in [2.45, 2.75) is 277 Å². The van der Waals surface area contributed by atoms with Gasteiger partial charge < -0.3 is 14.2 Å². The van der Waals surface area contributed by atoms with Gasteiger partial charge in [0.25, 0.3) is 0 Å². The molecule has 0 spiro atoms. The molecule has 6 heteroatoms. The Morgan fingerprint density at radius 3 is 0.944 bits per heavy atom. The fourth-order valence-corrected chi connectivity index (χ4v) is 8.01. The van der Waals surface area contributed by atoms with Crippen LogP contribution in [0.15, 0.2) is 109 Å². The zero-order valence-electron chi connectivity index (χ0n) is 46.9. The lowest BCUT2D eigenvalue weighted by Crippen LogP contribution is -2.30. The first kappa shape index (κ1) is 68.1. The standard InChI is InChI=1S/C66H110O6/c1-4-7-10-13-16-19-22-25-27-29-31-32-33-34-36-37-39-41-44-47-50-53-56-59-65(68)71-62-63(61-70-64(67)58-55-52-49-46-43-24-21-18-15-12-9-6-3)72-66(69)60-57-54-51-48-45-42-40-38-35-30-28-26-23-20-17-14-11-8-5-2/h7,10,16,18-19,21,25-28,31-32,34,36,39,41,47,50,63H,4-6,8-9,11-15,17,20,22-24,29-30,33,35,37-38,40,42-46,48-49,51-62H2,1-3H3/b10-7-,19-16-,21-18-,27-25-,28-26-,32-31-,36-34-,41-39-,50-47-. The molecule has 0 bridgehead atoms. The molecule has 1 unspecified atom stereocenters. The highest BCUT2D eigenvalue weighted by molar-refractivity contribution is 5.71. The number of hydrogen-bond acceptors (Lipinski definition) is 6. The van der Waals surface area contributed by atoms with Gasteiger partial charge in [0, 0.05) is 19.3 Å². The molecule has 410 valence electrons. The maximum absolute atomic E-state index is 12.9. The first-order valence-electron chi connectivity index (χ1n) is 29.9. The molecule has 0 N–H and O–H groups in total. The van der Waals surface area contributed by atoms with Crippen molar-refractivity contribution in [1.82, 2.24) is 0 Å². The highest BCUT2D eigenvalue weighted by Crippen LogP contribution is 2.15. The highest BCUT2D eigenvalue weighted by atomic mass is 16.6. The van der Waals surface area contributed by atoms with Crippen LogP contribution < -0.4 is 0 Å². The van der Waals surface area contributed by atoms with E-state index in [0.717, 1.165) is 103 Å². The molecule has 0 aliphatic heterocycles. The van der Waals surface area contributed by atoms with E-state index in [1.165, 1.54) is 122 Å². The van der Waals surface area contributed by atoms with Gasteiger partial charge in [-0.1, -0.05) is 239 Å². The average Bonchev–Trinajstić information content (AvgIpc) is 3.38. The molecule has 0 aromatic rings. The second kappa shape index (κ2) is 59.6. The van der Waals surface area contributed by atoms with E-state index in [1.54, 1.807) is 0 Å². The second-order valence-corrected chi connectivity index (χ2v) is 19.5. The van der Waals surface area contributed by atoms with Crippen molar-refractivity contribution in [1.29, 1.82) is 0 Å². The van der Waals surface area contributed by atoms with Crippen molar-refractivity contribution >= 4 is 17.9 Å². The molecule has 0 aromatic carbocycles. The summed E-state index contributed by atoms with van der Waals surface area (Å²) < 4.78 is 16.8. The first-order valence-corrected chi connectivity index (χ1v) is 29.9. The largest absolute Gasteiger partial charge is 0.462 e. The molecular weight excluding hydrogens is 889 g/mol. The van der Waals surface area contributed by atoms with Crippen molar-refractivity contribution in [2.75, 3.05) is 13.2 Å². The van der Waals surface area contributed by atoms with Crippen LogP contribution in [0.4, 0.5) is 0 Å². The number of ether oxygens (including phenoxy) is 3. The first-order chi connectivity index (χ1) is 35.5. The third kappa shape index (κ3) is 57.0. The smallest absolute Gasteiger partial charge is 0.306 e. The summed E-state index contributed by atoms with van der Waals surface area (Å²) in [7, 11) is 0. The maximum Gasteiger partial charge on any atom is 0.306 e. The Bertz CT molecular complexity index is 1470. The van der Waals surface area contributed by atoms with E-state index in [2.05, 4.69) is 130 Å². The SMILES string of the molecule is CC/C=C\C/C=C\C/C=C\C/C=C\C/C=C\C/C=C\C/C=C\CCCC(=O)OCC(COC(=O)CCCCCCC/C=C\CCCCC)OC(=O)CCCCCCCCCCC/C=C\CCCCCCCC. The van der Waals surface area contributed by atoms with E-state index in [0.29, 0.717) is 19.3 Å². The van der Waals surface area contributed by atoms with E-state index in [9.17, 15) is 14.4 Å². The predicted octanol–water partition coefficient (Wildman–Crippen LogP) is 20.3. The molecule has 0 amide bonds.